The summed E-state index contributed by atoms with van der Waals surface area (Å²) in [5, 5.41) is 0. The quantitative estimate of drug-likeness (QED) is 0.679. The first-order valence-corrected chi connectivity index (χ1v) is 4.86. The first-order valence-electron chi connectivity index (χ1n) is 4.86. The van der Waals surface area contributed by atoms with Gasteiger partial charge >= 0.3 is 0 Å². The molecular formula is C11H16O3. The molecule has 1 atom stereocenters. The zero-order valence-electron chi connectivity index (χ0n) is 8.82. The Labute approximate surface area is 84.1 Å². The fourth-order valence-electron chi connectivity index (χ4n) is 1.31. The van der Waals surface area contributed by atoms with E-state index in [2.05, 4.69) is 0 Å². The molecule has 0 amide bonds. The minimum absolute atomic E-state index is 0.0770. The monoisotopic (exact) mass is 196 g/mol. The van der Waals surface area contributed by atoms with Crippen molar-refractivity contribution in [3.63, 3.8) is 0 Å². The zero-order chi connectivity index (χ0) is 10.6. The standard InChI is InChI=1S/C11H16O3/c1-4-13-11(8(2)3)10(12)9-6-5-7-14-9/h5-8,11H,4H2,1-3H3. The Bertz CT molecular complexity index is 275. The fourth-order valence-corrected chi connectivity index (χ4v) is 1.31. The molecule has 0 aromatic carbocycles. The molecule has 0 bridgehead atoms. The van der Waals surface area contributed by atoms with Crippen molar-refractivity contribution in [3.05, 3.63) is 24.2 Å². The molecule has 0 aliphatic heterocycles. The summed E-state index contributed by atoms with van der Waals surface area (Å²) in [7, 11) is 0. The molecule has 1 rings (SSSR count). The van der Waals surface area contributed by atoms with E-state index in [1.165, 1.54) is 6.26 Å². The molecule has 1 heterocycles. The van der Waals surface area contributed by atoms with Crippen molar-refractivity contribution >= 4 is 5.78 Å². The molecule has 0 radical (unpaired) electrons. The highest BCUT2D eigenvalue weighted by atomic mass is 16.5. The maximum Gasteiger partial charge on any atom is 0.226 e. The van der Waals surface area contributed by atoms with Crippen LogP contribution < -0.4 is 0 Å². The predicted molar refractivity (Wildman–Crippen MR) is 53.3 cm³/mol. The first-order chi connectivity index (χ1) is 6.66. The Kier molecular flexibility index (Phi) is 3.89. The maximum absolute atomic E-state index is 11.8. The van der Waals surface area contributed by atoms with E-state index in [1.807, 2.05) is 20.8 Å². The summed E-state index contributed by atoms with van der Waals surface area (Å²) in [6.45, 7) is 6.34. The van der Waals surface area contributed by atoms with Crippen LogP contribution in [0.15, 0.2) is 22.8 Å². The van der Waals surface area contributed by atoms with Crippen LogP contribution in [-0.2, 0) is 4.74 Å². The highest BCUT2D eigenvalue weighted by molar-refractivity contribution is 5.97. The van der Waals surface area contributed by atoms with Crippen molar-refractivity contribution in [3.8, 4) is 0 Å². The van der Waals surface area contributed by atoms with Gasteiger partial charge in [0.25, 0.3) is 0 Å². The maximum atomic E-state index is 11.8. The molecule has 3 heteroatoms. The number of rotatable bonds is 5. The number of ether oxygens (including phenoxy) is 1. The lowest BCUT2D eigenvalue weighted by Crippen LogP contribution is -2.29. The van der Waals surface area contributed by atoms with Gasteiger partial charge in [0.15, 0.2) is 5.76 Å². The highest BCUT2D eigenvalue weighted by Crippen LogP contribution is 2.14. The third-order valence-corrected chi connectivity index (χ3v) is 1.97. The lowest BCUT2D eigenvalue weighted by Gasteiger charge is -2.17. The molecule has 3 nitrogen and oxygen atoms in total. The second-order valence-electron chi connectivity index (χ2n) is 3.46. The molecule has 1 aromatic rings. The van der Waals surface area contributed by atoms with Crippen LogP contribution in [0.1, 0.15) is 31.3 Å². The van der Waals surface area contributed by atoms with Crippen molar-refractivity contribution in [2.75, 3.05) is 6.61 Å². The molecule has 0 spiro atoms. The van der Waals surface area contributed by atoms with Gasteiger partial charge < -0.3 is 9.15 Å². The van der Waals surface area contributed by atoms with Gasteiger partial charge in [-0.25, -0.2) is 0 Å². The van der Waals surface area contributed by atoms with E-state index in [4.69, 9.17) is 9.15 Å². The van der Waals surface area contributed by atoms with Gasteiger partial charge in [-0.3, -0.25) is 4.79 Å². The van der Waals surface area contributed by atoms with Crippen LogP contribution in [0.4, 0.5) is 0 Å². The third-order valence-electron chi connectivity index (χ3n) is 1.97. The van der Waals surface area contributed by atoms with Gasteiger partial charge in [-0.1, -0.05) is 13.8 Å². The zero-order valence-corrected chi connectivity index (χ0v) is 8.82. The molecule has 0 aliphatic carbocycles. The van der Waals surface area contributed by atoms with Crippen molar-refractivity contribution in [2.45, 2.75) is 26.9 Å². The van der Waals surface area contributed by atoms with E-state index in [0.29, 0.717) is 12.4 Å². The minimum atomic E-state index is -0.397. The summed E-state index contributed by atoms with van der Waals surface area (Å²) < 4.78 is 10.4. The van der Waals surface area contributed by atoms with Gasteiger partial charge in [-0.15, -0.1) is 0 Å². The van der Waals surface area contributed by atoms with E-state index < -0.39 is 6.10 Å². The number of hydrogen-bond donors (Lipinski definition) is 0. The molecule has 0 fully saturated rings. The minimum Gasteiger partial charge on any atom is -0.461 e. The molecule has 1 unspecified atom stereocenters. The Morgan fingerprint density at radius 2 is 2.29 bits per heavy atom. The molecular weight excluding hydrogens is 180 g/mol. The Hall–Kier alpha value is -1.09. The van der Waals surface area contributed by atoms with Gasteiger partial charge in [0.2, 0.25) is 5.78 Å². The van der Waals surface area contributed by atoms with Crippen LogP contribution in [0, 0.1) is 5.92 Å². The second-order valence-corrected chi connectivity index (χ2v) is 3.46. The topological polar surface area (TPSA) is 39.4 Å². The number of furan rings is 1. The van der Waals surface area contributed by atoms with Crippen molar-refractivity contribution in [2.24, 2.45) is 5.92 Å². The smallest absolute Gasteiger partial charge is 0.226 e. The molecule has 14 heavy (non-hydrogen) atoms. The van der Waals surface area contributed by atoms with Gasteiger partial charge in [0.05, 0.1) is 6.26 Å². The van der Waals surface area contributed by atoms with Crippen LogP contribution >= 0.6 is 0 Å². The number of carbonyl (C=O) groups excluding carboxylic acids is 1. The molecule has 0 aliphatic rings. The van der Waals surface area contributed by atoms with Gasteiger partial charge in [0.1, 0.15) is 6.10 Å². The SMILES string of the molecule is CCOC(C(=O)c1ccco1)C(C)C. The average molecular weight is 196 g/mol. The lowest BCUT2D eigenvalue weighted by atomic mass is 10.0. The number of Topliss-reactive ketones (excluding diaryl/α,β-unsaturated/α-hetero) is 1. The van der Waals surface area contributed by atoms with Crippen molar-refractivity contribution in [1.29, 1.82) is 0 Å². The van der Waals surface area contributed by atoms with Gasteiger partial charge in [0, 0.05) is 6.61 Å². The molecule has 0 saturated heterocycles. The summed E-state index contributed by atoms with van der Waals surface area (Å²) in [6, 6.07) is 3.37. The third kappa shape index (κ3) is 2.45. The first kappa shape index (κ1) is 11.0. The van der Waals surface area contributed by atoms with E-state index in [9.17, 15) is 4.79 Å². The number of hydrogen-bond acceptors (Lipinski definition) is 3. The van der Waals surface area contributed by atoms with Gasteiger partial charge in [-0.2, -0.15) is 0 Å². The normalized spacial score (nSPS) is 13.1. The van der Waals surface area contributed by atoms with E-state index in [1.54, 1.807) is 12.1 Å². The van der Waals surface area contributed by atoms with Gasteiger partial charge in [-0.05, 0) is 25.0 Å². The Morgan fingerprint density at radius 1 is 1.57 bits per heavy atom. The molecule has 0 N–H and O–H groups in total. The van der Waals surface area contributed by atoms with Crippen LogP contribution in [-0.4, -0.2) is 18.5 Å². The number of carbonyl (C=O) groups is 1. The average Bonchev–Trinajstić information content (AvgIpc) is 2.65. The number of ketones is 1. The summed E-state index contributed by atoms with van der Waals surface area (Å²) >= 11 is 0. The molecule has 1 aromatic heterocycles. The van der Waals surface area contributed by atoms with E-state index in [-0.39, 0.29) is 11.7 Å². The Morgan fingerprint density at radius 3 is 2.71 bits per heavy atom. The van der Waals surface area contributed by atoms with E-state index >= 15 is 0 Å². The summed E-state index contributed by atoms with van der Waals surface area (Å²) in [5.74, 6) is 0.455. The van der Waals surface area contributed by atoms with E-state index in [0.717, 1.165) is 0 Å². The van der Waals surface area contributed by atoms with Crippen LogP contribution in [0.3, 0.4) is 0 Å². The van der Waals surface area contributed by atoms with Crippen LogP contribution in [0.25, 0.3) is 0 Å². The summed E-state index contributed by atoms with van der Waals surface area (Å²) in [6.07, 6.45) is 1.10. The van der Waals surface area contributed by atoms with Crippen LogP contribution in [0.2, 0.25) is 0 Å². The molecule has 0 saturated carbocycles. The molecule has 78 valence electrons. The van der Waals surface area contributed by atoms with Crippen molar-refractivity contribution < 1.29 is 13.9 Å². The largest absolute Gasteiger partial charge is 0.461 e. The lowest BCUT2D eigenvalue weighted by molar-refractivity contribution is 0.0258. The Balaban J connectivity index is 2.74. The predicted octanol–water partition coefficient (Wildman–Crippen LogP) is 2.52. The second kappa shape index (κ2) is 4.96. The fraction of sp³-hybridized carbons (Fsp3) is 0.545. The van der Waals surface area contributed by atoms with Crippen molar-refractivity contribution in [1.82, 2.24) is 0 Å². The highest BCUT2D eigenvalue weighted by Gasteiger charge is 2.25. The summed E-state index contributed by atoms with van der Waals surface area (Å²) in [4.78, 5) is 11.8. The summed E-state index contributed by atoms with van der Waals surface area (Å²) in [5.41, 5.74) is 0. The van der Waals surface area contributed by atoms with Crippen LogP contribution in [0.5, 0.6) is 0 Å².